The first-order valence-corrected chi connectivity index (χ1v) is 5.05. The largest absolute Gasteiger partial charge is 0.478 e. The predicted octanol–water partition coefficient (Wildman–Crippen LogP) is 2.70. The van der Waals surface area contributed by atoms with Crippen molar-refractivity contribution in [2.45, 2.75) is 4.90 Å². The fourth-order valence-corrected chi connectivity index (χ4v) is 1.60. The zero-order valence-electron chi connectivity index (χ0n) is 7.61. The van der Waals surface area contributed by atoms with Crippen molar-refractivity contribution < 1.29 is 18.7 Å². The summed E-state index contributed by atoms with van der Waals surface area (Å²) in [6, 6.07) is 3.56. The van der Waals surface area contributed by atoms with Gasteiger partial charge in [0.25, 0.3) is 0 Å². The number of carbonyl (C=O) groups is 1. The van der Waals surface area contributed by atoms with Crippen molar-refractivity contribution in [2.24, 2.45) is 0 Å². The molecule has 1 rings (SSSR count). The Morgan fingerprint density at radius 3 is 2.73 bits per heavy atom. The van der Waals surface area contributed by atoms with E-state index in [1.807, 2.05) is 0 Å². The van der Waals surface area contributed by atoms with Gasteiger partial charge in [-0.05, 0) is 18.2 Å². The molecule has 2 nitrogen and oxygen atoms in total. The third-order valence-corrected chi connectivity index (χ3v) is 2.44. The second kappa shape index (κ2) is 5.50. The van der Waals surface area contributed by atoms with Gasteiger partial charge in [0.15, 0.2) is 11.6 Å². The third-order valence-electron chi connectivity index (χ3n) is 1.50. The minimum Gasteiger partial charge on any atom is -0.478 e. The van der Waals surface area contributed by atoms with E-state index in [9.17, 15) is 13.6 Å². The van der Waals surface area contributed by atoms with E-state index in [4.69, 9.17) is 5.11 Å². The van der Waals surface area contributed by atoms with Crippen LogP contribution in [-0.4, -0.2) is 16.8 Å². The van der Waals surface area contributed by atoms with Crippen molar-refractivity contribution in [3.05, 3.63) is 42.0 Å². The van der Waals surface area contributed by atoms with Gasteiger partial charge >= 0.3 is 5.97 Å². The molecule has 0 aliphatic carbocycles. The van der Waals surface area contributed by atoms with Crippen molar-refractivity contribution in [3.8, 4) is 0 Å². The number of rotatable bonds is 4. The highest BCUT2D eigenvalue weighted by Gasteiger charge is 2.01. The maximum Gasteiger partial charge on any atom is 0.328 e. The molecule has 0 aromatic heterocycles. The molecule has 0 aliphatic rings. The molecule has 1 aromatic rings. The molecule has 0 unspecified atom stereocenters. The fraction of sp³-hybridized carbons (Fsp3) is 0.100. The molecule has 0 heterocycles. The SMILES string of the molecule is O=C(O)/C=C/CSc1ccc(F)c(F)c1. The Hall–Kier alpha value is -1.36. The normalized spacial score (nSPS) is 10.8. The molecule has 0 amide bonds. The van der Waals surface area contributed by atoms with Gasteiger partial charge in [0.1, 0.15) is 0 Å². The number of hydrogen-bond acceptors (Lipinski definition) is 2. The molecule has 0 radical (unpaired) electrons. The molecule has 0 fully saturated rings. The fourth-order valence-electron chi connectivity index (χ4n) is 0.860. The first kappa shape index (κ1) is 11.7. The van der Waals surface area contributed by atoms with E-state index in [-0.39, 0.29) is 0 Å². The van der Waals surface area contributed by atoms with Gasteiger partial charge < -0.3 is 5.11 Å². The van der Waals surface area contributed by atoms with Crippen LogP contribution < -0.4 is 0 Å². The second-order valence-corrected chi connectivity index (χ2v) is 3.72. The van der Waals surface area contributed by atoms with Gasteiger partial charge in [-0.3, -0.25) is 0 Å². The van der Waals surface area contributed by atoms with Crippen molar-refractivity contribution >= 4 is 17.7 Å². The summed E-state index contributed by atoms with van der Waals surface area (Å²) in [6.45, 7) is 0. The molecule has 0 spiro atoms. The smallest absolute Gasteiger partial charge is 0.328 e. The second-order valence-electron chi connectivity index (χ2n) is 2.63. The Bertz CT molecular complexity index is 391. The topological polar surface area (TPSA) is 37.3 Å². The lowest BCUT2D eigenvalue weighted by Crippen LogP contribution is -1.87. The molecule has 1 aromatic carbocycles. The van der Waals surface area contributed by atoms with Gasteiger partial charge in [0, 0.05) is 16.7 Å². The van der Waals surface area contributed by atoms with Crippen LogP contribution in [-0.2, 0) is 4.79 Å². The highest BCUT2D eigenvalue weighted by Crippen LogP contribution is 2.20. The van der Waals surface area contributed by atoms with E-state index >= 15 is 0 Å². The minimum atomic E-state index is -1.03. The van der Waals surface area contributed by atoms with Crippen molar-refractivity contribution in [2.75, 3.05) is 5.75 Å². The van der Waals surface area contributed by atoms with Gasteiger partial charge in [-0.15, -0.1) is 11.8 Å². The standard InChI is InChI=1S/C10H8F2O2S/c11-8-4-3-7(6-9(8)12)15-5-1-2-10(13)14/h1-4,6H,5H2,(H,13,14)/b2-1+. The number of thioether (sulfide) groups is 1. The number of aliphatic carboxylic acids is 1. The average molecular weight is 230 g/mol. The molecule has 0 saturated carbocycles. The number of halogens is 2. The molecular weight excluding hydrogens is 222 g/mol. The summed E-state index contributed by atoms with van der Waals surface area (Å²) in [7, 11) is 0. The number of benzene rings is 1. The van der Waals surface area contributed by atoms with Gasteiger partial charge in [0.05, 0.1) is 0 Å². The van der Waals surface area contributed by atoms with Crippen LogP contribution in [0.5, 0.6) is 0 Å². The third kappa shape index (κ3) is 4.12. The summed E-state index contributed by atoms with van der Waals surface area (Å²) in [5.41, 5.74) is 0. The molecule has 80 valence electrons. The zero-order chi connectivity index (χ0) is 11.3. The molecule has 0 saturated heterocycles. The van der Waals surface area contributed by atoms with E-state index in [0.717, 1.165) is 18.2 Å². The summed E-state index contributed by atoms with van der Waals surface area (Å²) in [4.78, 5) is 10.7. The Kier molecular flexibility index (Phi) is 4.30. The summed E-state index contributed by atoms with van der Waals surface area (Å²) in [5.74, 6) is -2.42. The van der Waals surface area contributed by atoms with E-state index in [1.165, 1.54) is 23.9 Å². The Balaban J connectivity index is 2.51. The van der Waals surface area contributed by atoms with E-state index in [2.05, 4.69) is 0 Å². The average Bonchev–Trinajstić information content (AvgIpc) is 2.18. The predicted molar refractivity (Wildman–Crippen MR) is 53.9 cm³/mol. The molecule has 0 aliphatic heterocycles. The lowest BCUT2D eigenvalue weighted by atomic mass is 10.3. The van der Waals surface area contributed by atoms with Crippen LogP contribution in [0.25, 0.3) is 0 Å². The first-order valence-electron chi connectivity index (χ1n) is 4.07. The van der Waals surface area contributed by atoms with Crippen LogP contribution in [0.15, 0.2) is 35.2 Å². The minimum absolute atomic E-state index is 0.400. The van der Waals surface area contributed by atoms with Gasteiger partial charge in [-0.25, -0.2) is 13.6 Å². The van der Waals surface area contributed by atoms with E-state index in [1.54, 1.807) is 0 Å². The number of carboxylic acid groups (broad SMARTS) is 1. The van der Waals surface area contributed by atoms with Crippen LogP contribution >= 0.6 is 11.8 Å². The number of hydrogen-bond donors (Lipinski definition) is 1. The summed E-state index contributed by atoms with van der Waals surface area (Å²) in [6.07, 6.45) is 2.45. The van der Waals surface area contributed by atoms with E-state index in [0.29, 0.717) is 10.6 Å². The highest BCUT2D eigenvalue weighted by molar-refractivity contribution is 7.99. The maximum atomic E-state index is 12.7. The Morgan fingerprint density at radius 1 is 1.40 bits per heavy atom. The summed E-state index contributed by atoms with van der Waals surface area (Å²) >= 11 is 1.23. The maximum absolute atomic E-state index is 12.7. The summed E-state index contributed by atoms with van der Waals surface area (Å²) in [5, 5.41) is 8.29. The molecule has 15 heavy (non-hydrogen) atoms. The summed E-state index contributed by atoms with van der Waals surface area (Å²) < 4.78 is 25.2. The van der Waals surface area contributed by atoms with Crippen molar-refractivity contribution in [1.29, 1.82) is 0 Å². The van der Waals surface area contributed by atoms with Crippen molar-refractivity contribution in [1.82, 2.24) is 0 Å². The van der Waals surface area contributed by atoms with Crippen LogP contribution in [0.1, 0.15) is 0 Å². The Morgan fingerprint density at radius 2 is 2.13 bits per heavy atom. The van der Waals surface area contributed by atoms with Crippen molar-refractivity contribution in [3.63, 3.8) is 0 Å². The van der Waals surface area contributed by atoms with Crippen LogP contribution in [0, 0.1) is 11.6 Å². The van der Waals surface area contributed by atoms with Gasteiger partial charge in [-0.2, -0.15) is 0 Å². The van der Waals surface area contributed by atoms with Gasteiger partial charge in [-0.1, -0.05) is 6.08 Å². The molecule has 5 heteroatoms. The molecule has 0 atom stereocenters. The lowest BCUT2D eigenvalue weighted by molar-refractivity contribution is -0.131. The van der Waals surface area contributed by atoms with Gasteiger partial charge in [0.2, 0.25) is 0 Å². The number of carboxylic acids is 1. The van der Waals surface area contributed by atoms with Crippen LogP contribution in [0.4, 0.5) is 8.78 Å². The monoisotopic (exact) mass is 230 g/mol. The first-order chi connectivity index (χ1) is 7.09. The zero-order valence-corrected chi connectivity index (χ0v) is 8.43. The van der Waals surface area contributed by atoms with E-state index < -0.39 is 17.6 Å². The van der Waals surface area contributed by atoms with Crippen LogP contribution in [0.3, 0.4) is 0 Å². The van der Waals surface area contributed by atoms with Crippen LogP contribution in [0.2, 0.25) is 0 Å². The highest BCUT2D eigenvalue weighted by atomic mass is 32.2. The molecule has 1 N–H and O–H groups in total. The molecule has 0 bridgehead atoms. The Labute approximate surface area is 89.6 Å². The quantitative estimate of drug-likeness (QED) is 0.638. The molecular formula is C10H8F2O2S. The lowest BCUT2D eigenvalue weighted by Gasteiger charge is -1.98.